The minimum absolute atomic E-state index is 0.175. The molecule has 1 saturated heterocycles. The van der Waals surface area contributed by atoms with Crippen LogP contribution in [0.15, 0.2) is 75.2 Å². The van der Waals surface area contributed by atoms with E-state index in [4.69, 9.17) is 9.47 Å². The molecule has 0 radical (unpaired) electrons. The Bertz CT molecular complexity index is 1340. The van der Waals surface area contributed by atoms with E-state index >= 15 is 0 Å². The van der Waals surface area contributed by atoms with Gasteiger partial charge in [0.25, 0.3) is 11.8 Å². The first-order valence-corrected chi connectivity index (χ1v) is 11.8. The van der Waals surface area contributed by atoms with Crippen LogP contribution in [0.1, 0.15) is 11.1 Å². The predicted octanol–water partition coefficient (Wildman–Crippen LogP) is 5.60. The number of imide groups is 2. The number of nitrogens with one attached hydrogen (secondary N) is 1. The third-order valence-corrected chi connectivity index (χ3v) is 6.29. The molecule has 0 bridgehead atoms. The molecule has 178 valence electrons. The Morgan fingerprint density at radius 1 is 0.971 bits per heavy atom. The van der Waals surface area contributed by atoms with Crippen molar-refractivity contribution in [3.05, 3.63) is 92.1 Å². The number of urea groups is 1. The second-order valence-corrected chi connectivity index (χ2v) is 9.14. The van der Waals surface area contributed by atoms with Crippen molar-refractivity contribution >= 4 is 61.5 Å². The molecule has 0 unspecified atom stereocenters. The summed E-state index contributed by atoms with van der Waals surface area (Å²) in [7, 11) is 1.46. The van der Waals surface area contributed by atoms with E-state index in [9.17, 15) is 18.8 Å². The zero-order chi connectivity index (χ0) is 25.1. The molecule has 0 atom stereocenters. The van der Waals surface area contributed by atoms with Crippen LogP contribution in [-0.2, 0) is 16.2 Å². The van der Waals surface area contributed by atoms with Crippen molar-refractivity contribution in [3.8, 4) is 11.5 Å². The standard InChI is InChI=1S/C25H17Br2FN2O5/c1-34-21-11-15(20(27)12-22(21)35-13-14-2-6-17(28)7-3-14)10-19-23(31)29-25(33)30(24(19)32)18-8-4-16(26)5-9-18/h2-12H,13H2,1H3,(H,29,31,33)/b19-10+. The summed E-state index contributed by atoms with van der Waals surface area (Å²) in [6.07, 6.45) is 1.37. The highest BCUT2D eigenvalue weighted by Crippen LogP contribution is 2.36. The summed E-state index contributed by atoms with van der Waals surface area (Å²) in [5.74, 6) is -1.16. The van der Waals surface area contributed by atoms with Gasteiger partial charge >= 0.3 is 6.03 Å². The third kappa shape index (κ3) is 5.44. The number of halogens is 3. The number of methoxy groups -OCH3 is 1. The van der Waals surface area contributed by atoms with E-state index in [1.807, 2.05) is 0 Å². The van der Waals surface area contributed by atoms with Crippen molar-refractivity contribution in [2.75, 3.05) is 12.0 Å². The Kier molecular flexibility index (Phi) is 7.32. The van der Waals surface area contributed by atoms with Crippen LogP contribution in [0.4, 0.5) is 14.9 Å². The highest BCUT2D eigenvalue weighted by molar-refractivity contribution is 9.10. The molecule has 4 amide bonds. The van der Waals surface area contributed by atoms with Gasteiger partial charge in [-0.15, -0.1) is 0 Å². The van der Waals surface area contributed by atoms with Crippen LogP contribution in [0.2, 0.25) is 0 Å². The van der Waals surface area contributed by atoms with Gasteiger partial charge in [-0.2, -0.15) is 0 Å². The van der Waals surface area contributed by atoms with E-state index in [1.54, 1.807) is 48.5 Å². The number of nitrogens with zero attached hydrogens (tertiary/aromatic N) is 1. The number of rotatable bonds is 6. The summed E-state index contributed by atoms with van der Waals surface area (Å²) in [5, 5.41) is 2.19. The zero-order valence-corrected chi connectivity index (χ0v) is 21.4. The molecule has 0 saturated carbocycles. The first-order chi connectivity index (χ1) is 16.8. The number of ether oxygens (including phenoxy) is 2. The van der Waals surface area contributed by atoms with E-state index in [0.29, 0.717) is 27.2 Å². The van der Waals surface area contributed by atoms with Gasteiger partial charge in [0.1, 0.15) is 18.0 Å². The van der Waals surface area contributed by atoms with Gasteiger partial charge in [-0.05, 0) is 65.7 Å². The molecular formula is C25H17Br2FN2O5. The van der Waals surface area contributed by atoms with E-state index in [-0.39, 0.29) is 18.0 Å². The first-order valence-electron chi connectivity index (χ1n) is 10.2. The molecule has 0 spiro atoms. The fraction of sp³-hybridized carbons (Fsp3) is 0.0800. The molecule has 3 aromatic carbocycles. The normalized spacial score (nSPS) is 14.8. The van der Waals surface area contributed by atoms with Crippen molar-refractivity contribution in [2.45, 2.75) is 6.61 Å². The fourth-order valence-electron chi connectivity index (χ4n) is 3.31. The Balaban J connectivity index is 1.63. The van der Waals surface area contributed by atoms with Crippen molar-refractivity contribution in [1.29, 1.82) is 0 Å². The van der Waals surface area contributed by atoms with Crippen molar-refractivity contribution in [1.82, 2.24) is 5.32 Å². The largest absolute Gasteiger partial charge is 0.493 e. The molecule has 7 nitrogen and oxygen atoms in total. The number of carbonyl (C=O) groups is 3. The average Bonchev–Trinajstić information content (AvgIpc) is 2.83. The highest BCUT2D eigenvalue weighted by Gasteiger charge is 2.37. The minimum Gasteiger partial charge on any atom is -0.493 e. The van der Waals surface area contributed by atoms with Crippen molar-refractivity contribution in [3.63, 3.8) is 0 Å². The van der Waals surface area contributed by atoms with Gasteiger partial charge in [0.15, 0.2) is 11.5 Å². The second kappa shape index (κ2) is 10.4. The summed E-state index contributed by atoms with van der Waals surface area (Å²) in [4.78, 5) is 38.9. The lowest BCUT2D eigenvalue weighted by atomic mass is 10.1. The van der Waals surface area contributed by atoms with Crippen LogP contribution in [-0.4, -0.2) is 25.0 Å². The van der Waals surface area contributed by atoms with Crippen LogP contribution < -0.4 is 19.7 Å². The molecule has 1 fully saturated rings. The predicted molar refractivity (Wildman–Crippen MR) is 135 cm³/mol. The number of amides is 4. The Hall–Kier alpha value is -3.50. The Morgan fingerprint density at radius 2 is 1.66 bits per heavy atom. The molecule has 35 heavy (non-hydrogen) atoms. The van der Waals surface area contributed by atoms with E-state index in [2.05, 4.69) is 37.2 Å². The van der Waals surface area contributed by atoms with Crippen molar-refractivity contribution in [2.24, 2.45) is 0 Å². The Morgan fingerprint density at radius 3 is 2.31 bits per heavy atom. The topological polar surface area (TPSA) is 84.9 Å². The van der Waals surface area contributed by atoms with Gasteiger partial charge in [-0.3, -0.25) is 14.9 Å². The maximum Gasteiger partial charge on any atom is 0.335 e. The average molecular weight is 604 g/mol. The van der Waals surface area contributed by atoms with Crippen LogP contribution in [0, 0.1) is 5.82 Å². The van der Waals surface area contributed by atoms with Gasteiger partial charge in [0.05, 0.1) is 12.8 Å². The van der Waals surface area contributed by atoms with Gasteiger partial charge in [-0.1, -0.05) is 44.0 Å². The van der Waals surface area contributed by atoms with Crippen LogP contribution >= 0.6 is 31.9 Å². The Labute approximate surface area is 216 Å². The van der Waals surface area contributed by atoms with Gasteiger partial charge in [-0.25, -0.2) is 14.1 Å². The SMILES string of the molecule is COc1cc(/C=C2\C(=O)NC(=O)N(c3ccc(Br)cc3)C2=O)c(Br)cc1OCc1ccc(F)cc1. The second-order valence-electron chi connectivity index (χ2n) is 7.37. The fourth-order valence-corrected chi connectivity index (χ4v) is 4.01. The lowest BCUT2D eigenvalue weighted by Gasteiger charge is -2.26. The molecule has 3 aromatic rings. The van der Waals surface area contributed by atoms with E-state index in [1.165, 1.54) is 25.3 Å². The van der Waals surface area contributed by atoms with Crippen molar-refractivity contribution < 1.29 is 28.2 Å². The van der Waals surface area contributed by atoms with Gasteiger partial charge in [0, 0.05) is 8.95 Å². The van der Waals surface area contributed by atoms with E-state index < -0.39 is 17.8 Å². The number of hydrogen-bond acceptors (Lipinski definition) is 5. The molecular weight excluding hydrogens is 587 g/mol. The number of barbiturate groups is 1. The van der Waals surface area contributed by atoms with E-state index in [0.717, 1.165) is 14.9 Å². The van der Waals surface area contributed by atoms with Crippen LogP contribution in [0.25, 0.3) is 6.08 Å². The number of hydrogen-bond donors (Lipinski definition) is 1. The molecule has 1 heterocycles. The molecule has 0 aromatic heterocycles. The lowest BCUT2D eigenvalue weighted by Crippen LogP contribution is -2.54. The molecule has 1 aliphatic rings. The third-order valence-electron chi connectivity index (χ3n) is 5.08. The van der Waals surface area contributed by atoms with Gasteiger partial charge < -0.3 is 9.47 Å². The molecule has 1 N–H and O–H groups in total. The molecule has 4 rings (SSSR count). The van der Waals surface area contributed by atoms with Gasteiger partial charge in [0.2, 0.25) is 0 Å². The molecule has 1 aliphatic heterocycles. The summed E-state index contributed by atoms with van der Waals surface area (Å²) < 4.78 is 25.7. The maximum atomic E-state index is 13.1. The number of carbonyl (C=O) groups excluding carboxylic acids is 3. The smallest absolute Gasteiger partial charge is 0.335 e. The highest BCUT2D eigenvalue weighted by atomic mass is 79.9. The van der Waals surface area contributed by atoms with Crippen LogP contribution in [0.3, 0.4) is 0 Å². The molecule has 0 aliphatic carbocycles. The maximum absolute atomic E-state index is 13.1. The number of anilines is 1. The first kappa shape index (κ1) is 24.6. The summed E-state index contributed by atoms with van der Waals surface area (Å²) in [6, 6.07) is 14.8. The summed E-state index contributed by atoms with van der Waals surface area (Å²) >= 11 is 6.74. The summed E-state index contributed by atoms with van der Waals surface area (Å²) in [6.45, 7) is 0.175. The molecule has 10 heteroatoms. The monoisotopic (exact) mass is 602 g/mol. The number of benzene rings is 3. The minimum atomic E-state index is -0.833. The quantitative estimate of drug-likeness (QED) is 0.293. The zero-order valence-electron chi connectivity index (χ0n) is 18.2. The van der Waals surface area contributed by atoms with Crippen LogP contribution in [0.5, 0.6) is 11.5 Å². The summed E-state index contributed by atoms with van der Waals surface area (Å²) in [5.41, 5.74) is 1.31. The lowest BCUT2D eigenvalue weighted by molar-refractivity contribution is -0.122.